The summed E-state index contributed by atoms with van der Waals surface area (Å²) in [6.45, 7) is 8.42. The van der Waals surface area contributed by atoms with Gasteiger partial charge in [0.05, 0.1) is 19.8 Å². The third-order valence-electron chi connectivity index (χ3n) is 4.49. The van der Waals surface area contributed by atoms with Crippen molar-refractivity contribution in [1.29, 1.82) is 0 Å². The van der Waals surface area contributed by atoms with E-state index >= 15 is 0 Å². The van der Waals surface area contributed by atoms with Gasteiger partial charge in [0.2, 0.25) is 5.91 Å². The molecule has 0 radical (unpaired) electrons. The van der Waals surface area contributed by atoms with E-state index in [1.807, 2.05) is 0 Å². The van der Waals surface area contributed by atoms with Crippen molar-refractivity contribution in [2.45, 2.75) is 52.0 Å². The highest BCUT2D eigenvalue weighted by Crippen LogP contribution is 2.29. The fourth-order valence-corrected chi connectivity index (χ4v) is 3.44. The molecule has 116 valence electrons. The van der Waals surface area contributed by atoms with Gasteiger partial charge in [0, 0.05) is 19.1 Å². The van der Waals surface area contributed by atoms with E-state index in [4.69, 9.17) is 4.74 Å². The van der Waals surface area contributed by atoms with Gasteiger partial charge in [0.1, 0.15) is 0 Å². The number of hydrogen-bond donors (Lipinski definition) is 1. The van der Waals surface area contributed by atoms with Crippen LogP contribution in [0.1, 0.15) is 46.0 Å². The van der Waals surface area contributed by atoms with Gasteiger partial charge in [0.15, 0.2) is 0 Å². The molecule has 1 saturated heterocycles. The zero-order valence-corrected chi connectivity index (χ0v) is 13.1. The molecule has 1 heterocycles. The molecule has 1 amide bonds. The van der Waals surface area contributed by atoms with Crippen LogP contribution in [0.25, 0.3) is 0 Å². The number of amides is 1. The quantitative estimate of drug-likeness (QED) is 0.839. The van der Waals surface area contributed by atoms with Crippen molar-refractivity contribution < 1.29 is 9.53 Å². The lowest BCUT2D eigenvalue weighted by atomic mass is 9.81. The first-order valence-electron chi connectivity index (χ1n) is 8.23. The van der Waals surface area contributed by atoms with Crippen molar-refractivity contribution in [1.82, 2.24) is 10.2 Å². The lowest BCUT2D eigenvalue weighted by molar-refractivity contribution is -0.124. The van der Waals surface area contributed by atoms with Crippen LogP contribution in [-0.2, 0) is 9.53 Å². The lowest BCUT2D eigenvalue weighted by Gasteiger charge is -2.31. The van der Waals surface area contributed by atoms with Crippen LogP contribution >= 0.6 is 0 Å². The molecule has 2 fully saturated rings. The van der Waals surface area contributed by atoms with Crippen LogP contribution < -0.4 is 5.32 Å². The Morgan fingerprint density at radius 1 is 1.20 bits per heavy atom. The van der Waals surface area contributed by atoms with Crippen molar-refractivity contribution in [2.24, 2.45) is 11.8 Å². The molecule has 2 aliphatic rings. The Bertz CT molecular complexity index is 293. The summed E-state index contributed by atoms with van der Waals surface area (Å²) in [6, 6.07) is 0.409. The average molecular weight is 282 g/mol. The van der Waals surface area contributed by atoms with Gasteiger partial charge in [-0.05, 0) is 43.9 Å². The Balaban J connectivity index is 1.63. The van der Waals surface area contributed by atoms with Crippen molar-refractivity contribution >= 4 is 5.91 Å². The van der Waals surface area contributed by atoms with Gasteiger partial charge in [-0.3, -0.25) is 9.69 Å². The summed E-state index contributed by atoms with van der Waals surface area (Å²) in [5.41, 5.74) is 0. The maximum absolute atomic E-state index is 12.0. The topological polar surface area (TPSA) is 41.6 Å². The molecule has 0 bridgehead atoms. The van der Waals surface area contributed by atoms with Crippen molar-refractivity contribution in [3.8, 4) is 0 Å². The number of carbonyl (C=O) groups is 1. The standard InChI is InChI=1S/C16H30N2O2/c1-13(2)11-14-3-5-15(6-4-14)17-16(19)12-18-7-9-20-10-8-18/h13-15H,3-12H2,1-2H3,(H,17,19). The first kappa shape index (κ1) is 15.8. The Kier molecular flexibility index (Phi) is 6.30. The SMILES string of the molecule is CC(C)CC1CCC(NC(=O)CN2CCOCC2)CC1. The van der Waals surface area contributed by atoms with E-state index < -0.39 is 0 Å². The van der Waals surface area contributed by atoms with Crippen LogP contribution in [0.2, 0.25) is 0 Å². The minimum atomic E-state index is 0.194. The highest BCUT2D eigenvalue weighted by molar-refractivity contribution is 5.78. The molecule has 0 aromatic heterocycles. The first-order valence-corrected chi connectivity index (χ1v) is 8.23. The second-order valence-corrected chi connectivity index (χ2v) is 6.80. The van der Waals surface area contributed by atoms with Gasteiger partial charge in [-0.15, -0.1) is 0 Å². The van der Waals surface area contributed by atoms with Gasteiger partial charge >= 0.3 is 0 Å². The van der Waals surface area contributed by atoms with Crippen LogP contribution in [-0.4, -0.2) is 49.7 Å². The predicted octanol–water partition coefficient (Wildman–Crippen LogP) is 2.04. The lowest BCUT2D eigenvalue weighted by Crippen LogP contribution is -2.46. The molecule has 0 atom stereocenters. The zero-order chi connectivity index (χ0) is 14.4. The van der Waals surface area contributed by atoms with Gasteiger partial charge in [-0.2, -0.15) is 0 Å². The monoisotopic (exact) mass is 282 g/mol. The predicted molar refractivity (Wildman–Crippen MR) is 80.6 cm³/mol. The van der Waals surface area contributed by atoms with Crippen LogP contribution in [0.3, 0.4) is 0 Å². The van der Waals surface area contributed by atoms with Crippen molar-refractivity contribution in [3.05, 3.63) is 0 Å². The van der Waals surface area contributed by atoms with Gasteiger partial charge in [0.25, 0.3) is 0 Å². The fraction of sp³-hybridized carbons (Fsp3) is 0.938. The summed E-state index contributed by atoms with van der Waals surface area (Å²) in [5, 5.41) is 3.22. The molecule has 1 aliphatic heterocycles. The first-order chi connectivity index (χ1) is 9.63. The molecule has 1 aliphatic carbocycles. The Hall–Kier alpha value is -0.610. The molecular weight excluding hydrogens is 252 g/mol. The molecule has 0 spiro atoms. The number of carbonyl (C=O) groups excluding carboxylic acids is 1. The number of rotatable bonds is 5. The Morgan fingerprint density at radius 3 is 2.45 bits per heavy atom. The molecule has 1 N–H and O–H groups in total. The smallest absolute Gasteiger partial charge is 0.234 e. The van der Waals surface area contributed by atoms with Crippen LogP contribution in [0, 0.1) is 11.8 Å². The summed E-state index contributed by atoms with van der Waals surface area (Å²) in [4.78, 5) is 14.2. The van der Waals surface area contributed by atoms with Crippen LogP contribution in [0.4, 0.5) is 0 Å². The van der Waals surface area contributed by atoms with Gasteiger partial charge < -0.3 is 10.1 Å². The molecule has 0 aromatic rings. The molecule has 0 aromatic carbocycles. The second-order valence-electron chi connectivity index (χ2n) is 6.80. The molecule has 4 heteroatoms. The second kappa shape index (κ2) is 7.99. The minimum Gasteiger partial charge on any atom is -0.379 e. The summed E-state index contributed by atoms with van der Waals surface area (Å²) in [7, 11) is 0. The number of ether oxygens (including phenoxy) is 1. The van der Waals surface area contributed by atoms with Gasteiger partial charge in [-0.1, -0.05) is 13.8 Å². The number of nitrogens with zero attached hydrogens (tertiary/aromatic N) is 1. The molecular formula is C16H30N2O2. The zero-order valence-electron chi connectivity index (χ0n) is 13.1. The molecule has 20 heavy (non-hydrogen) atoms. The van der Waals surface area contributed by atoms with E-state index in [1.165, 1.54) is 19.3 Å². The number of morpholine rings is 1. The fourth-order valence-electron chi connectivity index (χ4n) is 3.44. The van der Waals surface area contributed by atoms with Crippen LogP contribution in [0.5, 0.6) is 0 Å². The molecule has 0 unspecified atom stereocenters. The summed E-state index contributed by atoms with van der Waals surface area (Å²) >= 11 is 0. The largest absolute Gasteiger partial charge is 0.379 e. The van der Waals surface area contributed by atoms with E-state index in [9.17, 15) is 4.79 Å². The van der Waals surface area contributed by atoms with Crippen molar-refractivity contribution in [2.75, 3.05) is 32.8 Å². The summed E-state index contributed by atoms with van der Waals surface area (Å²) in [5.74, 6) is 1.87. The molecule has 1 saturated carbocycles. The van der Waals surface area contributed by atoms with E-state index in [2.05, 4.69) is 24.1 Å². The van der Waals surface area contributed by atoms with Gasteiger partial charge in [-0.25, -0.2) is 0 Å². The third kappa shape index (κ3) is 5.41. The normalized spacial score (nSPS) is 28.6. The summed E-state index contributed by atoms with van der Waals surface area (Å²) < 4.78 is 5.30. The highest BCUT2D eigenvalue weighted by atomic mass is 16.5. The number of nitrogens with one attached hydrogen (secondary N) is 1. The minimum absolute atomic E-state index is 0.194. The van der Waals surface area contributed by atoms with E-state index in [0.717, 1.165) is 51.0 Å². The Labute approximate surface area is 123 Å². The maximum Gasteiger partial charge on any atom is 0.234 e. The van der Waals surface area contributed by atoms with Crippen molar-refractivity contribution in [3.63, 3.8) is 0 Å². The molecule has 2 rings (SSSR count). The Morgan fingerprint density at radius 2 is 1.85 bits per heavy atom. The van der Waals surface area contributed by atoms with E-state index in [-0.39, 0.29) is 5.91 Å². The number of hydrogen-bond acceptors (Lipinski definition) is 3. The highest BCUT2D eigenvalue weighted by Gasteiger charge is 2.23. The molecule has 4 nitrogen and oxygen atoms in total. The van der Waals surface area contributed by atoms with E-state index in [0.29, 0.717) is 12.6 Å². The summed E-state index contributed by atoms with van der Waals surface area (Å²) in [6.07, 6.45) is 6.22. The average Bonchev–Trinajstić information content (AvgIpc) is 2.41. The third-order valence-corrected chi connectivity index (χ3v) is 4.49. The van der Waals surface area contributed by atoms with E-state index in [1.54, 1.807) is 0 Å². The maximum atomic E-state index is 12.0. The van der Waals surface area contributed by atoms with Crippen LogP contribution in [0.15, 0.2) is 0 Å².